The standard InChI is InChI=1S/C10H20O3/c1-10(11,8-12-2)6-5-9-4-3-7-13-9/h9,11H,3-8H2,1-2H3. The minimum Gasteiger partial charge on any atom is -0.388 e. The Labute approximate surface area is 80.0 Å². The number of hydrogen-bond acceptors (Lipinski definition) is 3. The highest BCUT2D eigenvalue weighted by molar-refractivity contribution is 4.75. The summed E-state index contributed by atoms with van der Waals surface area (Å²) in [4.78, 5) is 0. The van der Waals surface area contributed by atoms with E-state index in [2.05, 4.69) is 0 Å². The normalized spacial score (nSPS) is 27.5. The second-order valence-corrected chi connectivity index (χ2v) is 4.10. The molecule has 0 spiro atoms. The van der Waals surface area contributed by atoms with Gasteiger partial charge in [0.25, 0.3) is 0 Å². The molecule has 0 saturated carbocycles. The molecule has 1 saturated heterocycles. The van der Waals surface area contributed by atoms with Crippen molar-refractivity contribution in [1.29, 1.82) is 0 Å². The Morgan fingerprint density at radius 3 is 2.92 bits per heavy atom. The van der Waals surface area contributed by atoms with E-state index in [4.69, 9.17) is 9.47 Å². The van der Waals surface area contributed by atoms with Crippen molar-refractivity contribution in [1.82, 2.24) is 0 Å². The van der Waals surface area contributed by atoms with E-state index in [1.54, 1.807) is 7.11 Å². The molecule has 13 heavy (non-hydrogen) atoms. The van der Waals surface area contributed by atoms with Gasteiger partial charge >= 0.3 is 0 Å². The number of aliphatic hydroxyl groups is 1. The summed E-state index contributed by atoms with van der Waals surface area (Å²) in [5.74, 6) is 0. The summed E-state index contributed by atoms with van der Waals surface area (Å²) in [6.07, 6.45) is 4.37. The van der Waals surface area contributed by atoms with Crippen molar-refractivity contribution in [2.24, 2.45) is 0 Å². The van der Waals surface area contributed by atoms with Gasteiger partial charge in [-0.2, -0.15) is 0 Å². The van der Waals surface area contributed by atoms with Crippen LogP contribution in [0.5, 0.6) is 0 Å². The molecule has 1 aliphatic rings. The SMILES string of the molecule is COCC(C)(O)CCC1CCCO1. The maximum absolute atomic E-state index is 9.79. The zero-order valence-electron chi connectivity index (χ0n) is 8.58. The molecule has 0 aliphatic carbocycles. The summed E-state index contributed by atoms with van der Waals surface area (Å²) in [6, 6.07) is 0. The molecular weight excluding hydrogens is 168 g/mol. The van der Waals surface area contributed by atoms with Crippen LogP contribution in [0.15, 0.2) is 0 Å². The monoisotopic (exact) mass is 188 g/mol. The van der Waals surface area contributed by atoms with Crippen LogP contribution >= 0.6 is 0 Å². The predicted molar refractivity (Wildman–Crippen MR) is 50.7 cm³/mol. The zero-order valence-corrected chi connectivity index (χ0v) is 8.58. The lowest BCUT2D eigenvalue weighted by atomic mass is 9.98. The van der Waals surface area contributed by atoms with Gasteiger partial charge < -0.3 is 14.6 Å². The third kappa shape index (κ3) is 4.07. The Bertz CT molecular complexity index is 139. The highest BCUT2D eigenvalue weighted by atomic mass is 16.5. The number of rotatable bonds is 5. The first-order valence-electron chi connectivity index (χ1n) is 4.97. The topological polar surface area (TPSA) is 38.7 Å². The minimum absolute atomic E-state index is 0.364. The summed E-state index contributed by atoms with van der Waals surface area (Å²) < 4.78 is 10.4. The maximum Gasteiger partial charge on any atom is 0.0853 e. The molecule has 0 aromatic carbocycles. The van der Waals surface area contributed by atoms with Crippen LogP contribution in [-0.4, -0.2) is 37.1 Å². The van der Waals surface area contributed by atoms with Crippen molar-refractivity contribution in [3.05, 3.63) is 0 Å². The van der Waals surface area contributed by atoms with Gasteiger partial charge in [-0.25, -0.2) is 0 Å². The molecule has 3 nitrogen and oxygen atoms in total. The second-order valence-electron chi connectivity index (χ2n) is 4.10. The van der Waals surface area contributed by atoms with E-state index in [0.29, 0.717) is 12.7 Å². The molecule has 1 heterocycles. The van der Waals surface area contributed by atoms with Gasteiger partial charge in [-0.05, 0) is 32.6 Å². The molecular formula is C10H20O3. The maximum atomic E-state index is 9.79. The molecule has 1 N–H and O–H groups in total. The minimum atomic E-state index is -0.694. The molecule has 3 heteroatoms. The fourth-order valence-corrected chi connectivity index (χ4v) is 1.73. The van der Waals surface area contributed by atoms with Gasteiger partial charge in [-0.15, -0.1) is 0 Å². The third-order valence-electron chi connectivity index (χ3n) is 2.48. The van der Waals surface area contributed by atoms with E-state index < -0.39 is 5.60 Å². The zero-order chi connectivity index (χ0) is 9.73. The Morgan fingerprint density at radius 1 is 1.62 bits per heavy atom. The molecule has 1 aliphatic heterocycles. The Balaban J connectivity index is 2.15. The first-order valence-corrected chi connectivity index (χ1v) is 4.97. The fourth-order valence-electron chi connectivity index (χ4n) is 1.73. The van der Waals surface area contributed by atoms with Crippen molar-refractivity contribution in [2.45, 2.75) is 44.3 Å². The lowest BCUT2D eigenvalue weighted by Crippen LogP contribution is -2.31. The van der Waals surface area contributed by atoms with Crippen molar-refractivity contribution in [3.63, 3.8) is 0 Å². The van der Waals surface area contributed by atoms with Gasteiger partial charge in [0.15, 0.2) is 0 Å². The van der Waals surface area contributed by atoms with Crippen molar-refractivity contribution >= 4 is 0 Å². The first kappa shape index (κ1) is 11.0. The molecule has 1 rings (SSSR count). The molecule has 0 bridgehead atoms. The predicted octanol–water partition coefficient (Wildman–Crippen LogP) is 1.34. The summed E-state index contributed by atoms with van der Waals surface area (Å²) in [6.45, 7) is 3.10. The smallest absolute Gasteiger partial charge is 0.0853 e. The van der Waals surface area contributed by atoms with Crippen LogP contribution < -0.4 is 0 Å². The highest BCUT2D eigenvalue weighted by Crippen LogP contribution is 2.21. The lowest BCUT2D eigenvalue weighted by molar-refractivity contribution is -0.0328. The molecule has 0 aromatic rings. The summed E-state index contributed by atoms with van der Waals surface area (Å²) in [7, 11) is 1.61. The van der Waals surface area contributed by atoms with Crippen LogP contribution in [0.4, 0.5) is 0 Å². The van der Waals surface area contributed by atoms with Gasteiger partial charge in [-0.3, -0.25) is 0 Å². The van der Waals surface area contributed by atoms with E-state index in [-0.39, 0.29) is 0 Å². The fraction of sp³-hybridized carbons (Fsp3) is 1.00. The summed E-state index contributed by atoms with van der Waals surface area (Å²) in [5, 5.41) is 9.79. The van der Waals surface area contributed by atoms with Gasteiger partial charge in [-0.1, -0.05) is 0 Å². The highest BCUT2D eigenvalue weighted by Gasteiger charge is 2.23. The molecule has 2 unspecified atom stereocenters. The van der Waals surface area contributed by atoms with E-state index in [1.165, 1.54) is 0 Å². The quantitative estimate of drug-likeness (QED) is 0.707. The molecule has 0 amide bonds. The van der Waals surface area contributed by atoms with Gasteiger partial charge in [0.2, 0.25) is 0 Å². The van der Waals surface area contributed by atoms with Crippen LogP contribution in [0.3, 0.4) is 0 Å². The lowest BCUT2D eigenvalue weighted by Gasteiger charge is -2.23. The number of methoxy groups -OCH3 is 1. The average molecular weight is 188 g/mol. The van der Waals surface area contributed by atoms with E-state index >= 15 is 0 Å². The molecule has 1 fully saturated rings. The van der Waals surface area contributed by atoms with Crippen LogP contribution in [0.25, 0.3) is 0 Å². The third-order valence-corrected chi connectivity index (χ3v) is 2.48. The molecule has 0 radical (unpaired) electrons. The van der Waals surface area contributed by atoms with Gasteiger partial charge in [0.05, 0.1) is 18.3 Å². The number of ether oxygens (including phenoxy) is 2. The molecule has 2 atom stereocenters. The van der Waals surface area contributed by atoms with Gasteiger partial charge in [0, 0.05) is 13.7 Å². The van der Waals surface area contributed by atoms with E-state index in [0.717, 1.165) is 32.3 Å². The van der Waals surface area contributed by atoms with Gasteiger partial charge in [0.1, 0.15) is 0 Å². The van der Waals surface area contributed by atoms with Crippen LogP contribution in [0, 0.1) is 0 Å². The van der Waals surface area contributed by atoms with E-state index in [1.807, 2.05) is 6.92 Å². The first-order chi connectivity index (χ1) is 6.14. The Hall–Kier alpha value is -0.120. The second kappa shape index (κ2) is 4.94. The summed E-state index contributed by atoms with van der Waals surface area (Å²) >= 11 is 0. The summed E-state index contributed by atoms with van der Waals surface area (Å²) in [5.41, 5.74) is -0.694. The van der Waals surface area contributed by atoms with Crippen molar-refractivity contribution in [3.8, 4) is 0 Å². The van der Waals surface area contributed by atoms with Crippen LogP contribution in [0.2, 0.25) is 0 Å². The van der Waals surface area contributed by atoms with Crippen LogP contribution in [-0.2, 0) is 9.47 Å². The molecule has 78 valence electrons. The van der Waals surface area contributed by atoms with Crippen molar-refractivity contribution < 1.29 is 14.6 Å². The largest absolute Gasteiger partial charge is 0.388 e. The number of hydrogen-bond donors (Lipinski definition) is 1. The van der Waals surface area contributed by atoms with Crippen LogP contribution in [0.1, 0.15) is 32.6 Å². The van der Waals surface area contributed by atoms with Crippen molar-refractivity contribution in [2.75, 3.05) is 20.3 Å². The Morgan fingerprint density at radius 2 is 2.38 bits per heavy atom. The average Bonchev–Trinajstić information content (AvgIpc) is 2.52. The Kier molecular flexibility index (Phi) is 4.16. The van der Waals surface area contributed by atoms with E-state index in [9.17, 15) is 5.11 Å². The molecule has 0 aromatic heterocycles.